The average molecular weight is 282 g/mol. The van der Waals surface area contributed by atoms with Crippen LogP contribution in [0.15, 0.2) is 27.8 Å². The molecule has 100 valence electrons. The highest BCUT2D eigenvalue weighted by Crippen LogP contribution is 2.30. The number of nitrogens with two attached hydrogens (primary N) is 1. The number of nitro benzene ring substituents is 1. The maximum Gasteiger partial charge on any atom is 0.313 e. The second-order valence-electron chi connectivity index (χ2n) is 3.46. The first-order valence-corrected chi connectivity index (χ1v) is 6.12. The lowest BCUT2D eigenvalue weighted by molar-refractivity contribution is -0.385. The normalized spacial score (nSPS) is 10.4. The van der Waals surface area contributed by atoms with Crippen molar-refractivity contribution in [2.24, 2.45) is 0 Å². The van der Waals surface area contributed by atoms with E-state index < -0.39 is 4.92 Å². The maximum absolute atomic E-state index is 10.9. The SMILES string of the molecule is COc1ccc(CSc2nnc(N)o2)cc1[N+](=O)[O-]. The Morgan fingerprint density at radius 2 is 2.32 bits per heavy atom. The van der Waals surface area contributed by atoms with Crippen molar-refractivity contribution in [3.63, 3.8) is 0 Å². The van der Waals surface area contributed by atoms with Crippen molar-refractivity contribution in [3.8, 4) is 5.75 Å². The van der Waals surface area contributed by atoms with Crippen LogP contribution in [0.3, 0.4) is 0 Å². The van der Waals surface area contributed by atoms with Crippen molar-refractivity contribution in [1.82, 2.24) is 10.2 Å². The van der Waals surface area contributed by atoms with E-state index in [4.69, 9.17) is 14.9 Å². The fraction of sp³-hybridized carbons (Fsp3) is 0.200. The predicted molar refractivity (Wildman–Crippen MR) is 67.9 cm³/mol. The molecule has 0 aliphatic rings. The summed E-state index contributed by atoms with van der Waals surface area (Å²) in [6, 6.07) is 4.73. The number of anilines is 1. The van der Waals surface area contributed by atoms with Crippen LogP contribution in [0.4, 0.5) is 11.7 Å². The van der Waals surface area contributed by atoms with Crippen molar-refractivity contribution < 1.29 is 14.1 Å². The van der Waals surface area contributed by atoms with E-state index in [1.807, 2.05) is 0 Å². The topological polar surface area (TPSA) is 117 Å². The van der Waals surface area contributed by atoms with E-state index in [0.29, 0.717) is 11.0 Å². The highest BCUT2D eigenvalue weighted by atomic mass is 32.2. The van der Waals surface area contributed by atoms with Gasteiger partial charge in [0.2, 0.25) is 0 Å². The smallest absolute Gasteiger partial charge is 0.313 e. The van der Waals surface area contributed by atoms with Gasteiger partial charge in [-0.25, -0.2) is 0 Å². The Kier molecular flexibility index (Phi) is 3.85. The minimum atomic E-state index is -0.488. The summed E-state index contributed by atoms with van der Waals surface area (Å²) in [5, 5.41) is 18.4. The molecule has 0 unspecified atom stereocenters. The van der Waals surface area contributed by atoms with E-state index in [1.54, 1.807) is 12.1 Å². The lowest BCUT2D eigenvalue weighted by atomic mass is 10.2. The zero-order chi connectivity index (χ0) is 13.8. The summed E-state index contributed by atoms with van der Waals surface area (Å²) in [4.78, 5) is 10.4. The lowest BCUT2D eigenvalue weighted by Gasteiger charge is -2.03. The van der Waals surface area contributed by atoms with Gasteiger partial charge < -0.3 is 14.9 Å². The molecule has 8 nitrogen and oxygen atoms in total. The van der Waals surface area contributed by atoms with Gasteiger partial charge in [-0.2, -0.15) is 0 Å². The van der Waals surface area contributed by atoms with Crippen molar-refractivity contribution in [3.05, 3.63) is 33.9 Å². The Hall–Kier alpha value is -2.29. The molecule has 0 aliphatic carbocycles. The van der Waals surface area contributed by atoms with Gasteiger partial charge in [-0.3, -0.25) is 10.1 Å². The van der Waals surface area contributed by atoms with Crippen LogP contribution in [0.2, 0.25) is 0 Å². The van der Waals surface area contributed by atoms with Gasteiger partial charge in [-0.15, -0.1) is 0 Å². The summed E-state index contributed by atoms with van der Waals surface area (Å²) in [6.45, 7) is 0. The largest absolute Gasteiger partial charge is 0.490 e. The van der Waals surface area contributed by atoms with Gasteiger partial charge >= 0.3 is 11.7 Å². The van der Waals surface area contributed by atoms with E-state index in [1.165, 1.54) is 24.9 Å². The number of nitrogens with zero attached hydrogens (tertiary/aromatic N) is 3. The molecule has 0 bridgehead atoms. The van der Waals surface area contributed by atoms with E-state index >= 15 is 0 Å². The van der Waals surface area contributed by atoms with Crippen LogP contribution >= 0.6 is 11.8 Å². The molecule has 19 heavy (non-hydrogen) atoms. The summed E-state index contributed by atoms with van der Waals surface area (Å²) in [6.07, 6.45) is 0. The maximum atomic E-state index is 10.9. The van der Waals surface area contributed by atoms with E-state index in [0.717, 1.165) is 5.56 Å². The minimum absolute atomic E-state index is 0.0109. The number of aromatic nitrogens is 2. The molecule has 0 aliphatic heterocycles. The van der Waals surface area contributed by atoms with Crippen molar-refractivity contribution in [1.29, 1.82) is 0 Å². The molecule has 0 saturated heterocycles. The second kappa shape index (κ2) is 5.57. The van der Waals surface area contributed by atoms with Crippen molar-refractivity contribution in [2.45, 2.75) is 11.0 Å². The van der Waals surface area contributed by atoms with Gasteiger partial charge in [-0.05, 0) is 11.6 Å². The monoisotopic (exact) mass is 282 g/mol. The van der Waals surface area contributed by atoms with E-state index in [-0.39, 0.29) is 17.5 Å². The molecular formula is C10H10N4O4S. The molecule has 2 aromatic rings. The number of nitro groups is 1. The predicted octanol–water partition coefficient (Wildman–Crippen LogP) is 1.86. The second-order valence-corrected chi connectivity index (χ2v) is 4.38. The summed E-state index contributed by atoms with van der Waals surface area (Å²) in [5.41, 5.74) is 5.96. The third-order valence-corrected chi connectivity index (χ3v) is 3.11. The fourth-order valence-electron chi connectivity index (χ4n) is 1.39. The third-order valence-electron chi connectivity index (χ3n) is 2.22. The number of thioether (sulfide) groups is 1. The summed E-state index contributed by atoms with van der Waals surface area (Å²) in [5.74, 6) is 0.674. The number of ether oxygens (including phenoxy) is 1. The first kappa shape index (κ1) is 13.1. The molecule has 1 aromatic carbocycles. The molecule has 0 amide bonds. The number of benzene rings is 1. The standard InChI is InChI=1S/C10H10N4O4S/c1-17-8-3-2-6(4-7(8)14(15)16)5-19-10-13-12-9(11)18-10/h2-4H,5H2,1H3,(H2,11,12). The van der Waals surface area contributed by atoms with Crippen molar-refractivity contribution >= 4 is 23.5 Å². The average Bonchev–Trinajstić information content (AvgIpc) is 2.81. The molecule has 2 rings (SSSR count). The Labute approximate surface area is 112 Å². The fourth-order valence-corrected chi connectivity index (χ4v) is 2.10. The lowest BCUT2D eigenvalue weighted by Crippen LogP contribution is -1.95. The molecule has 0 saturated carbocycles. The third kappa shape index (κ3) is 3.13. The van der Waals surface area contributed by atoms with Crippen LogP contribution in [-0.4, -0.2) is 22.2 Å². The van der Waals surface area contributed by atoms with Gasteiger partial charge in [-0.1, -0.05) is 28.0 Å². The molecule has 0 atom stereocenters. The molecule has 0 radical (unpaired) electrons. The summed E-state index contributed by atoms with van der Waals surface area (Å²) in [7, 11) is 1.39. The van der Waals surface area contributed by atoms with Gasteiger partial charge in [0.15, 0.2) is 5.75 Å². The highest BCUT2D eigenvalue weighted by Gasteiger charge is 2.15. The van der Waals surface area contributed by atoms with Gasteiger partial charge in [0.25, 0.3) is 5.22 Å². The van der Waals surface area contributed by atoms with Crippen LogP contribution in [-0.2, 0) is 5.75 Å². The molecule has 0 fully saturated rings. The van der Waals surface area contributed by atoms with Crippen LogP contribution in [0.5, 0.6) is 5.75 Å². The Morgan fingerprint density at radius 3 is 2.89 bits per heavy atom. The quantitative estimate of drug-likeness (QED) is 0.501. The molecule has 0 spiro atoms. The molecule has 1 heterocycles. The number of hydrogen-bond acceptors (Lipinski definition) is 8. The van der Waals surface area contributed by atoms with E-state index in [2.05, 4.69) is 10.2 Å². The summed E-state index contributed by atoms with van der Waals surface area (Å²) < 4.78 is 9.91. The first-order valence-electron chi connectivity index (χ1n) is 5.13. The van der Waals surface area contributed by atoms with Crippen LogP contribution in [0, 0.1) is 10.1 Å². The Bertz CT molecular complexity index is 601. The number of rotatable bonds is 5. The van der Waals surface area contributed by atoms with Crippen LogP contribution < -0.4 is 10.5 Å². The molecule has 9 heteroatoms. The summed E-state index contributed by atoms with van der Waals surface area (Å²) >= 11 is 1.24. The highest BCUT2D eigenvalue weighted by molar-refractivity contribution is 7.98. The number of hydrogen-bond donors (Lipinski definition) is 1. The first-order chi connectivity index (χ1) is 9.10. The van der Waals surface area contributed by atoms with Gasteiger partial charge in [0, 0.05) is 11.8 Å². The van der Waals surface area contributed by atoms with E-state index in [9.17, 15) is 10.1 Å². The zero-order valence-corrected chi connectivity index (χ0v) is 10.7. The van der Waals surface area contributed by atoms with Crippen LogP contribution in [0.1, 0.15) is 5.56 Å². The van der Waals surface area contributed by atoms with Gasteiger partial charge in [0.1, 0.15) is 0 Å². The van der Waals surface area contributed by atoms with Crippen molar-refractivity contribution in [2.75, 3.05) is 12.8 Å². The zero-order valence-electron chi connectivity index (χ0n) is 9.90. The number of methoxy groups -OCH3 is 1. The molecule has 1 aromatic heterocycles. The minimum Gasteiger partial charge on any atom is -0.490 e. The van der Waals surface area contributed by atoms with Crippen LogP contribution in [0.25, 0.3) is 0 Å². The Balaban J connectivity index is 2.12. The molecule has 2 N–H and O–H groups in total. The molecular weight excluding hydrogens is 272 g/mol. The van der Waals surface area contributed by atoms with Gasteiger partial charge in [0.05, 0.1) is 12.0 Å². The number of nitrogen functional groups attached to an aromatic ring is 1. The Morgan fingerprint density at radius 1 is 1.53 bits per heavy atom.